The second-order valence-corrected chi connectivity index (χ2v) is 6.98. The van der Waals surface area contributed by atoms with Crippen LogP contribution in [0.2, 0.25) is 0 Å². The van der Waals surface area contributed by atoms with E-state index in [4.69, 9.17) is 0 Å². The van der Waals surface area contributed by atoms with Crippen LogP contribution in [0.1, 0.15) is 0 Å². The van der Waals surface area contributed by atoms with Crippen molar-refractivity contribution in [1.29, 1.82) is 0 Å². The van der Waals surface area contributed by atoms with E-state index >= 15 is 0 Å². The molecule has 24 heteroatoms. The number of hydrogen-bond donors (Lipinski definition) is 0. The molecule has 0 heterocycles. The van der Waals surface area contributed by atoms with Crippen LogP contribution in [0, 0.1) is 0 Å². The summed E-state index contributed by atoms with van der Waals surface area (Å²) in [5, 5.41) is 0. The lowest BCUT2D eigenvalue weighted by atomic mass is 9.78. The van der Waals surface area contributed by atoms with E-state index in [-0.39, 0.29) is 0 Å². The van der Waals surface area contributed by atoms with Crippen LogP contribution in [-0.2, 0) is 0 Å². The molecule has 40 heavy (non-hydrogen) atoms. The van der Waals surface area contributed by atoms with E-state index in [0.717, 1.165) is 0 Å². The predicted octanol–water partition coefficient (Wildman–Crippen LogP) is 9.68. The third-order valence-corrected chi connectivity index (χ3v) is 4.27. The highest BCUT2D eigenvalue weighted by molar-refractivity contribution is 5.68. The van der Waals surface area contributed by atoms with Crippen molar-refractivity contribution in [2.45, 2.75) is 49.4 Å². The summed E-state index contributed by atoms with van der Waals surface area (Å²) in [5.41, 5.74) is -43.9. The Morgan fingerprint density at radius 2 is 0.200 bits per heavy atom. The fourth-order valence-electron chi connectivity index (χ4n) is 3.27. The minimum absolute atomic E-state index is 5.49. The maximum atomic E-state index is 13.5. The first-order chi connectivity index (χ1) is 17.0. The highest BCUT2D eigenvalue weighted by atomic mass is 19.4. The molecule has 0 atom stereocenters. The molecule has 0 saturated carbocycles. The summed E-state index contributed by atoms with van der Waals surface area (Å²) in [6.45, 7) is 0. The topological polar surface area (TPSA) is 0 Å². The largest absolute Gasteiger partial charge is 0.417 e. The molecule has 232 valence electrons. The standard InChI is InChI=1S/C16F24/c17-9(18,19)1-2(10(20,21)22)4(12(26,27)28)6(14(32,33)34)8(16(38,39)40)7(15(35,36)37)5(13(29,30)31)3(1)11(23,24)25/b2-1-,3-1?,4-2?,5-3-,6-4-,7-5?,8-6?,8-7-. The third-order valence-electron chi connectivity index (χ3n) is 4.27. The molecule has 0 bridgehead atoms. The molecule has 0 aromatic rings. The van der Waals surface area contributed by atoms with Gasteiger partial charge in [-0.15, -0.1) is 0 Å². The van der Waals surface area contributed by atoms with Gasteiger partial charge >= 0.3 is 49.4 Å². The van der Waals surface area contributed by atoms with Gasteiger partial charge in [-0.1, -0.05) is 0 Å². The Labute approximate surface area is 200 Å². The van der Waals surface area contributed by atoms with E-state index in [1.54, 1.807) is 0 Å². The molecule has 0 amide bonds. The van der Waals surface area contributed by atoms with Crippen LogP contribution in [0.25, 0.3) is 0 Å². The zero-order valence-corrected chi connectivity index (χ0v) is 17.1. The number of allylic oxidation sites excluding steroid dienone is 8. The lowest BCUT2D eigenvalue weighted by Gasteiger charge is -2.34. The van der Waals surface area contributed by atoms with Gasteiger partial charge in [0.05, 0.1) is 44.6 Å². The fraction of sp³-hybridized carbons (Fsp3) is 0.500. The maximum Gasteiger partial charge on any atom is 0.417 e. The van der Waals surface area contributed by atoms with Gasteiger partial charge in [-0.3, -0.25) is 0 Å². The molecule has 1 aliphatic rings. The van der Waals surface area contributed by atoms with Crippen LogP contribution in [0.3, 0.4) is 0 Å². The molecular formula is C16F24. The zero-order chi connectivity index (χ0) is 32.6. The summed E-state index contributed by atoms with van der Waals surface area (Å²) in [4.78, 5) is 0. The Morgan fingerprint density at radius 3 is 0.225 bits per heavy atom. The SMILES string of the molecule is FC(F)(F)C1=C(C(F)(F)F)/C(C(F)(F)F)=C(C(F)(F)F)\C(C(F)(F)F)=C(C(F)(F)F)/C(C(F)(F)F)=C\1C(F)(F)F. The maximum absolute atomic E-state index is 13.5. The summed E-state index contributed by atoms with van der Waals surface area (Å²) in [5.74, 6) is 0. The average molecular weight is 648 g/mol. The predicted molar refractivity (Wildman–Crippen MR) is 76.5 cm³/mol. The highest BCUT2D eigenvalue weighted by Crippen LogP contribution is 2.61. The van der Waals surface area contributed by atoms with Crippen molar-refractivity contribution in [2.75, 3.05) is 0 Å². The van der Waals surface area contributed by atoms with Gasteiger partial charge in [0.15, 0.2) is 0 Å². The first-order valence-corrected chi connectivity index (χ1v) is 8.54. The molecule has 0 spiro atoms. The second kappa shape index (κ2) is 9.41. The molecule has 0 saturated heterocycles. The van der Waals surface area contributed by atoms with Crippen LogP contribution < -0.4 is 0 Å². The van der Waals surface area contributed by atoms with Gasteiger partial charge in [-0.2, -0.15) is 105 Å². The summed E-state index contributed by atoms with van der Waals surface area (Å²) < 4.78 is 323. The number of rotatable bonds is 0. The number of hydrogen-bond acceptors (Lipinski definition) is 0. The average Bonchev–Trinajstić information content (AvgIpc) is 2.51. The lowest BCUT2D eigenvalue weighted by molar-refractivity contribution is -0.154. The van der Waals surface area contributed by atoms with Crippen molar-refractivity contribution in [3.8, 4) is 0 Å². The fourth-order valence-corrected chi connectivity index (χ4v) is 3.27. The molecule has 0 fully saturated rings. The molecule has 0 radical (unpaired) electrons. The normalized spacial score (nSPS) is 25.8. The van der Waals surface area contributed by atoms with Gasteiger partial charge in [-0.05, 0) is 0 Å². The summed E-state index contributed by atoms with van der Waals surface area (Å²) in [6.07, 6.45) is -64.0. The van der Waals surface area contributed by atoms with Crippen LogP contribution in [-0.4, -0.2) is 49.4 Å². The van der Waals surface area contributed by atoms with E-state index in [1.807, 2.05) is 0 Å². The van der Waals surface area contributed by atoms with Gasteiger partial charge < -0.3 is 0 Å². The van der Waals surface area contributed by atoms with E-state index < -0.39 is 94.0 Å². The molecule has 0 aromatic carbocycles. The first kappa shape index (κ1) is 35.3. The number of halogens is 24. The minimum Gasteiger partial charge on any atom is -0.166 e. The smallest absolute Gasteiger partial charge is 0.166 e. The Balaban J connectivity index is 5.49. The van der Waals surface area contributed by atoms with Gasteiger partial charge in [0, 0.05) is 0 Å². The Kier molecular flexibility index (Phi) is 8.30. The van der Waals surface area contributed by atoms with Crippen molar-refractivity contribution >= 4 is 0 Å². The van der Waals surface area contributed by atoms with Crippen molar-refractivity contribution in [2.24, 2.45) is 0 Å². The molecule has 0 N–H and O–H groups in total. The second-order valence-electron chi connectivity index (χ2n) is 6.98. The van der Waals surface area contributed by atoms with E-state index in [9.17, 15) is 105 Å². The van der Waals surface area contributed by atoms with Crippen LogP contribution in [0.5, 0.6) is 0 Å². The Morgan fingerprint density at radius 1 is 0.150 bits per heavy atom. The Bertz CT molecular complexity index is 837. The summed E-state index contributed by atoms with van der Waals surface area (Å²) in [6, 6.07) is 0. The molecule has 0 aromatic heterocycles. The third kappa shape index (κ3) is 6.94. The first-order valence-electron chi connectivity index (χ1n) is 8.54. The molecule has 1 rings (SSSR count). The van der Waals surface area contributed by atoms with Crippen LogP contribution >= 0.6 is 0 Å². The highest BCUT2D eigenvalue weighted by Gasteiger charge is 2.67. The minimum atomic E-state index is -7.99. The van der Waals surface area contributed by atoms with E-state index in [1.165, 1.54) is 0 Å². The Hall–Kier alpha value is -2.72. The molecule has 0 unspecified atom stereocenters. The lowest BCUT2D eigenvalue weighted by Crippen LogP contribution is -2.42. The molecule has 1 aliphatic carbocycles. The molecule has 0 nitrogen and oxygen atoms in total. The molecular weight excluding hydrogens is 648 g/mol. The molecule has 0 aliphatic heterocycles. The van der Waals surface area contributed by atoms with Crippen molar-refractivity contribution in [1.82, 2.24) is 0 Å². The van der Waals surface area contributed by atoms with Crippen molar-refractivity contribution in [3.05, 3.63) is 44.6 Å². The van der Waals surface area contributed by atoms with Crippen LogP contribution in [0.15, 0.2) is 44.6 Å². The summed E-state index contributed by atoms with van der Waals surface area (Å²) >= 11 is 0. The zero-order valence-electron chi connectivity index (χ0n) is 17.1. The number of alkyl halides is 24. The van der Waals surface area contributed by atoms with Gasteiger partial charge in [0.2, 0.25) is 0 Å². The van der Waals surface area contributed by atoms with Crippen molar-refractivity contribution < 1.29 is 105 Å². The monoisotopic (exact) mass is 648 g/mol. The quantitative estimate of drug-likeness (QED) is 0.230. The van der Waals surface area contributed by atoms with E-state index in [0.29, 0.717) is 0 Å². The van der Waals surface area contributed by atoms with Crippen molar-refractivity contribution in [3.63, 3.8) is 0 Å². The van der Waals surface area contributed by atoms with E-state index in [2.05, 4.69) is 0 Å². The summed E-state index contributed by atoms with van der Waals surface area (Å²) in [7, 11) is 0. The van der Waals surface area contributed by atoms with Crippen LogP contribution in [0.4, 0.5) is 105 Å². The van der Waals surface area contributed by atoms with Gasteiger partial charge in [-0.25, -0.2) is 0 Å². The van der Waals surface area contributed by atoms with Gasteiger partial charge in [0.1, 0.15) is 0 Å². The van der Waals surface area contributed by atoms with Gasteiger partial charge in [0.25, 0.3) is 0 Å².